The van der Waals surface area contributed by atoms with E-state index in [0.717, 1.165) is 48.3 Å². The first kappa shape index (κ1) is 13.9. The number of anilines is 1. The third kappa shape index (κ3) is 3.70. The normalized spacial score (nSPS) is 10.7. The molecular formula is C14H19ClN4. The highest BCUT2D eigenvalue weighted by atomic mass is 35.5. The molecule has 1 aromatic carbocycles. The molecule has 1 aromatic heterocycles. The first-order valence-electron chi connectivity index (χ1n) is 6.65. The van der Waals surface area contributed by atoms with Crippen LogP contribution in [0.25, 0.3) is 0 Å². The Morgan fingerprint density at radius 2 is 2.11 bits per heavy atom. The Labute approximate surface area is 118 Å². The summed E-state index contributed by atoms with van der Waals surface area (Å²) in [5.74, 6) is 1.96. The molecule has 0 atom stereocenters. The molecule has 0 unspecified atom stereocenters. The van der Waals surface area contributed by atoms with E-state index in [1.54, 1.807) is 0 Å². The van der Waals surface area contributed by atoms with Crippen molar-refractivity contribution in [3.05, 3.63) is 40.9 Å². The molecular weight excluding hydrogens is 260 g/mol. The molecule has 102 valence electrons. The number of nitrogens with zero attached hydrogens (tertiary/aromatic N) is 3. The van der Waals surface area contributed by atoms with Crippen molar-refractivity contribution in [1.29, 1.82) is 0 Å². The molecule has 0 aliphatic carbocycles. The third-order valence-corrected chi connectivity index (χ3v) is 3.14. The van der Waals surface area contributed by atoms with E-state index in [-0.39, 0.29) is 0 Å². The van der Waals surface area contributed by atoms with Crippen molar-refractivity contribution in [2.24, 2.45) is 0 Å². The van der Waals surface area contributed by atoms with Gasteiger partial charge in [0.2, 0.25) is 0 Å². The van der Waals surface area contributed by atoms with Crippen molar-refractivity contribution in [2.75, 3.05) is 11.9 Å². The van der Waals surface area contributed by atoms with Crippen LogP contribution < -0.4 is 5.32 Å². The second-order valence-corrected chi connectivity index (χ2v) is 4.75. The molecule has 4 nitrogen and oxygen atoms in total. The van der Waals surface area contributed by atoms with Crippen LogP contribution in [0.2, 0.25) is 5.02 Å². The zero-order valence-corrected chi connectivity index (χ0v) is 12.1. The van der Waals surface area contributed by atoms with Gasteiger partial charge in [0.25, 0.3) is 0 Å². The van der Waals surface area contributed by atoms with Crippen molar-refractivity contribution in [2.45, 2.75) is 33.2 Å². The van der Waals surface area contributed by atoms with Gasteiger partial charge in [0.15, 0.2) is 5.82 Å². The van der Waals surface area contributed by atoms with E-state index in [1.165, 1.54) is 0 Å². The largest absolute Gasteiger partial charge is 0.383 e. The molecule has 1 heterocycles. The zero-order valence-electron chi connectivity index (χ0n) is 11.4. The van der Waals surface area contributed by atoms with Crippen LogP contribution in [0.5, 0.6) is 0 Å². The number of rotatable bonds is 6. The molecule has 0 radical (unpaired) electrons. The Morgan fingerprint density at radius 1 is 1.26 bits per heavy atom. The lowest BCUT2D eigenvalue weighted by Crippen LogP contribution is -2.14. The fourth-order valence-corrected chi connectivity index (χ4v) is 2.11. The van der Waals surface area contributed by atoms with Crippen molar-refractivity contribution in [3.63, 3.8) is 0 Å². The van der Waals surface area contributed by atoms with Crippen LogP contribution in [0.4, 0.5) is 5.69 Å². The van der Waals surface area contributed by atoms with Crippen molar-refractivity contribution in [3.8, 4) is 0 Å². The van der Waals surface area contributed by atoms with Gasteiger partial charge in [-0.05, 0) is 18.2 Å². The van der Waals surface area contributed by atoms with Crippen LogP contribution >= 0.6 is 11.6 Å². The van der Waals surface area contributed by atoms with Crippen LogP contribution in [-0.2, 0) is 19.4 Å². The van der Waals surface area contributed by atoms with E-state index in [9.17, 15) is 0 Å². The number of hydrogen-bond acceptors (Lipinski definition) is 3. The second-order valence-electron chi connectivity index (χ2n) is 4.31. The summed E-state index contributed by atoms with van der Waals surface area (Å²) in [5, 5.41) is 8.57. The number of benzene rings is 1. The van der Waals surface area contributed by atoms with Crippen LogP contribution in [0, 0.1) is 0 Å². The summed E-state index contributed by atoms with van der Waals surface area (Å²) in [7, 11) is 0. The molecule has 2 rings (SSSR count). The van der Waals surface area contributed by atoms with Crippen LogP contribution in [0.3, 0.4) is 0 Å². The van der Waals surface area contributed by atoms with Crippen LogP contribution in [0.15, 0.2) is 24.3 Å². The van der Waals surface area contributed by atoms with Gasteiger partial charge < -0.3 is 5.32 Å². The van der Waals surface area contributed by atoms with Gasteiger partial charge in [-0.25, -0.2) is 9.67 Å². The number of halogens is 1. The highest BCUT2D eigenvalue weighted by molar-refractivity contribution is 6.30. The monoisotopic (exact) mass is 278 g/mol. The summed E-state index contributed by atoms with van der Waals surface area (Å²) in [4.78, 5) is 4.49. The minimum absolute atomic E-state index is 0.744. The second kappa shape index (κ2) is 6.57. The Balaban J connectivity index is 1.93. The molecule has 1 N–H and O–H groups in total. The Morgan fingerprint density at radius 3 is 2.79 bits per heavy atom. The van der Waals surface area contributed by atoms with Crippen LogP contribution in [-0.4, -0.2) is 21.3 Å². The fraction of sp³-hybridized carbons (Fsp3) is 0.429. The van der Waals surface area contributed by atoms with Crippen molar-refractivity contribution in [1.82, 2.24) is 14.8 Å². The Hall–Kier alpha value is -1.55. The summed E-state index contributed by atoms with van der Waals surface area (Å²) in [6, 6.07) is 7.73. The fourth-order valence-electron chi connectivity index (χ4n) is 1.92. The van der Waals surface area contributed by atoms with Gasteiger partial charge in [0, 0.05) is 30.1 Å². The predicted molar refractivity (Wildman–Crippen MR) is 78.7 cm³/mol. The molecule has 0 spiro atoms. The molecule has 0 fully saturated rings. The Bertz CT molecular complexity index is 536. The van der Waals surface area contributed by atoms with E-state index in [4.69, 9.17) is 11.6 Å². The summed E-state index contributed by atoms with van der Waals surface area (Å²) in [5.41, 5.74) is 1.03. The summed E-state index contributed by atoms with van der Waals surface area (Å²) in [6.07, 6.45) is 1.78. The number of aromatic nitrogens is 3. The topological polar surface area (TPSA) is 42.7 Å². The van der Waals surface area contributed by atoms with E-state index >= 15 is 0 Å². The van der Waals surface area contributed by atoms with Gasteiger partial charge in [-0.1, -0.05) is 31.5 Å². The molecule has 0 aliphatic rings. The van der Waals surface area contributed by atoms with Gasteiger partial charge in [-0.15, -0.1) is 0 Å². The average molecular weight is 279 g/mol. The maximum absolute atomic E-state index is 5.94. The summed E-state index contributed by atoms with van der Waals surface area (Å²) < 4.78 is 1.98. The lowest BCUT2D eigenvalue weighted by Gasteiger charge is -2.08. The van der Waals surface area contributed by atoms with Gasteiger partial charge in [0.1, 0.15) is 5.82 Å². The predicted octanol–water partition coefficient (Wildman–Crippen LogP) is 3.17. The van der Waals surface area contributed by atoms with Gasteiger partial charge >= 0.3 is 0 Å². The molecule has 0 bridgehead atoms. The molecule has 0 saturated heterocycles. The first-order chi connectivity index (χ1) is 9.22. The maximum Gasteiger partial charge on any atom is 0.150 e. The smallest absolute Gasteiger partial charge is 0.150 e. The van der Waals surface area contributed by atoms with Crippen LogP contribution in [0.1, 0.15) is 25.5 Å². The lowest BCUT2D eigenvalue weighted by molar-refractivity contribution is 0.597. The zero-order chi connectivity index (χ0) is 13.7. The van der Waals surface area contributed by atoms with Crippen molar-refractivity contribution >= 4 is 17.3 Å². The molecule has 2 aromatic rings. The van der Waals surface area contributed by atoms with E-state index in [0.29, 0.717) is 0 Å². The van der Waals surface area contributed by atoms with Crippen molar-refractivity contribution < 1.29 is 0 Å². The number of aryl methyl sites for hydroxylation is 2. The van der Waals surface area contributed by atoms with E-state index < -0.39 is 0 Å². The van der Waals surface area contributed by atoms with Gasteiger partial charge in [-0.3, -0.25) is 0 Å². The highest BCUT2D eigenvalue weighted by Crippen LogP contribution is 2.14. The summed E-state index contributed by atoms with van der Waals surface area (Å²) >= 11 is 5.94. The third-order valence-electron chi connectivity index (χ3n) is 2.90. The first-order valence-corrected chi connectivity index (χ1v) is 7.02. The maximum atomic E-state index is 5.94. The molecule has 19 heavy (non-hydrogen) atoms. The Kier molecular flexibility index (Phi) is 4.80. The van der Waals surface area contributed by atoms with Gasteiger partial charge in [0.05, 0.1) is 6.54 Å². The van der Waals surface area contributed by atoms with Gasteiger partial charge in [-0.2, -0.15) is 5.10 Å². The quantitative estimate of drug-likeness (QED) is 0.883. The highest BCUT2D eigenvalue weighted by Gasteiger charge is 2.06. The SMILES string of the molecule is CCc1nc(CC)n(CCNc2cccc(Cl)c2)n1. The standard InChI is InChI=1S/C14H19ClN4/c1-3-13-17-14(4-2)19(18-13)9-8-16-12-7-5-6-11(15)10-12/h5-7,10,16H,3-4,8-9H2,1-2H3. The molecule has 0 amide bonds. The minimum atomic E-state index is 0.744. The van der Waals surface area contributed by atoms with E-state index in [2.05, 4.69) is 29.2 Å². The molecule has 0 saturated carbocycles. The lowest BCUT2D eigenvalue weighted by atomic mass is 10.3. The molecule has 5 heteroatoms. The minimum Gasteiger partial charge on any atom is -0.383 e. The number of nitrogens with one attached hydrogen (secondary N) is 1. The summed E-state index contributed by atoms with van der Waals surface area (Å²) in [6.45, 7) is 5.79. The average Bonchev–Trinajstić information content (AvgIpc) is 2.81. The molecule has 0 aliphatic heterocycles. The number of hydrogen-bond donors (Lipinski definition) is 1. The van der Waals surface area contributed by atoms with E-state index in [1.807, 2.05) is 28.9 Å².